The van der Waals surface area contributed by atoms with Gasteiger partial charge in [0.05, 0.1) is 5.75 Å². The fourth-order valence-electron chi connectivity index (χ4n) is 3.58. The minimum absolute atomic E-state index is 0.0178. The van der Waals surface area contributed by atoms with Gasteiger partial charge in [-0.15, -0.1) is 23.1 Å². The highest BCUT2D eigenvalue weighted by Crippen LogP contribution is 2.54. The van der Waals surface area contributed by atoms with E-state index < -0.39 is 0 Å². The molecular weight excluding hydrogens is 520 g/mol. The number of allylic oxidation sites excluding steroid dienone is 4. The molecule has 3 aromatic heterocycles. The van der Waals surface area contributed by atoms with Crippen LogP contribution in [0.2, 0.25) is 0 Å². The lowest BCUT2D eigenvalue weighted by atomic mass is 10.2. The molecular formula is C28H20N4O4S2. The number of ether oxygens (including phenoxy) is 2. The molecule has 38 heavy (non-hydrogen) atoms. The maximum absolute atomic E-state index is 8.96. The molecule has 4 heterocycles. The van der Waals surface area contributed by atoms with E-state index in [4.69, 9.17) is 39.4 Å². The van der Waals surface area contributed by atoms with Crippen LogP contribution in [0.1, 0.15) is 25.4 Å². The Labute approximate surface area is 227 Å². The fourth-order valence-corrected chi connectivity index (χ4v) is 5.51. The predicted molar refractivity (Wildman–Crippen MR) is 144 cm³/mol. The third kappa shape index (κ3) is 6.02. The molecule has 188 valence electrons. The fraction of sp³-hybridized carbons (Fsp3) is 0.214. The van der Waals surface area contributed by atoms with Crippen molar-refractivity contribution in [2.45, 2.75) is 24.9 Å². The Morgan fingerprint density at radius 2 is 1.53 bits per heavy atom. The molecule has 4 rings (SSSR count). The van der Waals surface area contributed by atoms with Crippen molar-refractivity contribution >= 4 is 29.2 Å². The predicted octanol–water partition coefficient (Wildman–Crippen LogP) is 7.01. The number of hydrogen-bond acceptors (Lipinski definition) is 10. The third-order valence-electron chi connectivity index (χ3n) is 5.25. The number of fused-ring (bicyclic) bond motifs is 1. The minimum atomic E-state index is -0.0246. The number of nitrogens with zero attached hydrogens (tertiary/aromatic N) is 4. The molecule has 0 N–H and O–H groups in total. The molecule has 0 radical (unpaired) electrons. The van der Waals surface area contributed by atoms with E-state index in [0.717, 1.165) is 15.5 Å². The summed E-state index contributed by atoms with van der Waals surface area (Å²) in [7, 11) is 0. The number of thioether (sulfide) groups is 1. The molecule has 1 aliphatic rings. The molecule has 3 aromatic rings. The third-order valence-corrected chi connectivity index (χ3v) is 7.54. The molecule has 0 saturated carbocycles. The summed E-state index contributed by atoms with van der Waals surface area (Å²) in [5, 5.41) is 35.8. The minimum Gasteiger partial charge on any atom is -0.484 e. The molecule has 1 atom stereocenters. The highest BCUT2D eigenvalue weighted by Gasteiger charge is 2.29. The molecule has 1 aliphatic heterocycles. The first-order chi connectivity index (χ1) is 18.4. The average Bonchev–Trinajstić information content (AvgIpc) is 3.67. The van der Waals surface area contributed by atoms with E-state index in [2.05, 4.69) is 0 Å². The second kappa shape index (κ2) is 12.1. The molecule has 0 aromatic carbocycles. The lowest BCUT2D eigenvalue weighted by molar-refractivity contribution is 0.174. The van der Waals surface area contributed by atoms with Crippen LogP contribution in [0.4, 0.5) is 0 Å². The lowest BCUT2D eigenvalue weighted by Gasteiger charge is -2.16. The maximum Gasteiger partial charge on any atom is 0.183 e. The van der Waals surface area contributed by atoms with Crippen LogP contribution < -0.4 is 9.47 Å². The standard InChI is InChI=1S/C28H20N4O4S2/c1-17(9-19(12-29)13-30)10-21-3-5-23(35-21)27-25-26(34-8-7-33-25)28(38-27)24-6-4-22(36-24)16-37-18(2)11-20(14-31)15-32/h3-6,9-11,18H,7-8,16H2,1-2H3/b17-10+. The number of nitriles is 4. The zero-order valence-electron chi connectivity index (χ0n) is 20.5. The second-order valence-electron chi connectivity index (χ2n) is 8.07. The molecule has 0 amide bonds. The average molecular weight is 541 g/mol. The van der Waals surface area contributed by atoms with Gasteiger partial charge in [0.25, 0.3) is 0 Å². The van der Waals surface area contributed by atoms with Gasteiger partial charge in [0.2, 0.25) is 0 Å². The first kappa shape index (κ1) is 26.5. The van der Waals surface area contributed by atoms with Crippen LogP contribution in [0.25, 0.3) is 27.4 Å². The molecule has 8 nitrogen and oxygen atoms in total. The van der Waals surface area contributed by atoms with Crippen LogP contribution in [0.15, 0.2) is 62.0 Å². The van der Waals surface area contributed by atoms with Crippen LogP contribution in [-0.4, -0.2) is 18.5 Å². The molecule has 0 aliphatic carbocycles. The summed E-state index contributed by atoms with van der Waals surface area (Å²) in [5.41, 5.74) is 0.821. The zero-order chi connectivity index (χ0) is 27.1. The monoisotopic (exact) mass is 540 g/mol. The van der Waals surface area contributed by atoms with E-state index in [1.807, 2.05) is 55.5 Å². The summed E-state index contributed by atoms with van der Waals surface area (Å²) in [6.07, 6.45) is 4.89. The molecule has 0 fully saturated rings. The quantitative estimate of drug-likeness (QED) is 0.218. The number of furan rings is 2. The highest BCUT2D eigenvalue weighted by atomic mass is 32.2. The Bertz CT molecular complexity index is 1580. The van der Waals surface area contributed by atoms with Crippen LogP contribution in [-0.2, 0) is 5.75 Å². The molecule has 1 unspecified atom stereocenters. The largest absolute Gasteiger partial charge is 0.484 e. The van der Waals surface area contributed by atoms with Gasteiger partial charge in [-0.3, -0.25) is 0 Å². The summed E-state index contributed by atoms with van der Waals surface area (Å²) in [6.45, 7) is 4.54. The first-order valence-corrected chi connectivity index (χ1v) is 13.3. The van der Waals surface area contributed by atoms with Crippen molar-refractivity contribution in [3.8, 4) is 57.1 Å². The first-order valence-electron chi connectivity index (χ1n) is 11.4. The highest BCUT2D eigenvalue weighted by molar-refractivity contribution is 7.99. The van der Waals surface area contributed by atoms with Crippen molar-refractivity contribution in [1.82, 2.24) is 0 Å². The Morgan fingerprint density at radius 1 is 0.921 bits per heavy atom. The summed E-state index contributed by atoms with van der Waals surface area (Å²) < 4.78 is 24.1. The molecule has 0 saturated heterocycles. The Balaban J connectivity index is 1.58. The summed E-state index contributed by atoms with van der Waals surface area (Å²) in [4.78, 5) is 1.55. The molecule has 10 heteroatoms. The number of hydrogen-bond donors (Lipinski definition) is 0. The van der Waals surface area contributed by atoms with E-state index in [0.29, 0.717) is 53.3 Å². The Morgan fingerprint density at radius 3 is 2.16 bits per heavy atom. The van der Waals surface area contributed by atoms with Gasteiger partial charge in [0.1, 0.15) is 81.4 Å². The normalized spacial score (nSPS) is 12.8. The van der Waals surface area contributed by atoms with Gasteiger partial charge >= 0.3 is 0 Å². The van der Waals surface area contributed by atoms with Gasteiger partial charge in [0, 0.05) is 5.25 Å². The van der Waals surface area contributed by atoms with Crippen molar-refractivity contribution in [3.63, 3.8) is 0 Å². The van der Waals surface area contributed by atoms with E-state index in [1.165, 1.54) is 17.4 Å². The Hall–Kier alpha value is -4.61. The number of rotatable bonds is 8. The molecule has 0 bridgehead atoms. The van der Waals surface area contributed by atoms with E-state index >= 15 is 0 Å². The van der Waals surface area contributed by atoms with Crippen molar-refractivity contribution in [1.29, 1.82) is 21.0 Å². The van der Waals surface area contributed by atoms with Crippen molar-refractivity contribution in [3.05, 3.63) is 64.7 Å². The smallest absolute Gasteiger partial charge is 0.183 e. The van der Waals surface area contributed by atoms with Crippen molar-refractivity contribution < 1.29 is 18.3 Å². The van der Waals surface area contributed by atoms with Gasteiger partial charge in [0.15, 0.2) is 11.5 Å². The SMILES string of the molecule is C/C(C=C(C#N)C#N)=C\c1ccc(-c2sc(-c3ccc(CSC(C)C=C(C#N)C#N)o3)c3c2OCCO3)o1. The van der Waals surface area contributed by atoms with Crippen LogP contribution in [0, 0.1) is 45.3 Å². The zero-order valence-corrected chi connectivity index (χ0v) is 22.1. The van der Waals surface area contributed by atoms with E-state index in [-0.39, 0.29) is 16.4 Å². The van der Waals surface area contributed by atoms with Gasteiger partial charge in [-0.1, -0.05) is 0 Å². The summed E-state index contributed by atoms with van der Waals surface area (Å²) in [5.74, 6) is 4.34. The Kier molecular flexibility index (Phi) is 8.41. The van der Waals surface area contributed by atoms with Crippen LogP contribution in [0.5, 0.6) is 11.5 Å². The van der Waals surface area contributed by atoms with Crippen molar-refractivity contribution in [2.24, 2.45) is 0 Å². The lowest BCUT2D eigenvalue weighted by Crippen LogP contribution is -2.14. The van der Waals surface area contributed by atoms with Gasteiger partial charge in [-0.25, -0.2) is 0 Å². The van der Waals surface area contributed by atoms with Gasteiger partial charge < -0.3 is 18.3 Å². The van der Waals surface area contributed by atoms with Gasteiger partial charge in [-0.2, -0.15) is 21.0 Å². The van der Waals surface area contributed by atoms with E-state index in [9.17, 15) is 0 Å². The topological polar surface area (TPSA) is 140 Å². The number of thiophene rings is 1. The summed E-state index contributed by atoms with van der Waals surface area (Å²) >= 11 is 3.00. The summed E-state index contributed by atoms with van der Waals surface area (Å²) in [6, 6.07) is 14.9. The van der Waals surface area contributed by atoms with Crippen LogP contribution >= 0.6 is 23.1 Å². The second-order valence-corrected chi connectivity index (χ2v) is 10.5. The van der Waals surface area contributed by atoms with E-state index in [1.54, 1.807) is 30.8 Å². The van der Waals surface area contributed by atoms with Gasteiger partial charge in [-0.05, 0) is 61.9 Å². The molecule has 0 spiro atoms. The maximum atomic E-state index is 8.96. The van der Waals surface area contributed by atoms with Crippen LogP contribution in [0.3, 0.4) is 0 Å². The van der Waals surface area contributed by atoms with Crippen molar-refractivity contribution in [2.75, 3.05) is 13.2 Å².